The molecule has 1 unspecified atom stereocenters. The molecule has 136 valence electrons. The van der Waals surface area contributed by atoms with E-state index in [1.807, 2.05) is 34.6 Å². The summed E-state index contributed by atoms with van der Waals surface area (Å²) < 4.78 is 11.4. The third-order valence-electron chi connectivity index (χ3n) is 4.31. The number of unbranched alkanes of at least 4 members (excludes halogenated alkanes) is 6. The first kappa shape index (κ1) is 20.3. The van der Waals surface area contributed by atoms with Gasteiger partial charge >= 0.3 is 6.09 Å². The summed E-state index contributed by atoms with van der Waals surface area (Å²) in [6.45, 7) is 12.5. The molecule has 1 amide bonds. The van der Waals surface area contributed by atoms with Crippen molar-refractivity contribution in [2.24, 2.45) is 0 Å². The van der Waals surface area contributed by atoms with Crippen LogP contribution in [0.5, 0.6) is 0 Å². The van der Waals surface area contributed by atoms with Crippen LogP contribution in [0.1, 0.15) is 92.9 Å². The van der Waals surface area contributed by atoms with E-state index >= 15 is 0 Å². The van der Waals surface area contributed by atoms with E-state index < -0.39 is 11.3 Å². The van der Waals surface area contributed by atoms with Crippen molar-refractivity contribution in [3.05, 3.63) is 0 Å². The fraction of sp³-hybridized carbons (Fsp3) is 0.947. The summed E-state index contributed by atoms with van der Waals surface area (Å²) >= 11 is 0. The Morgan fingerprint density at radius 1 is 1.13 bits per heavy atom. The van der Waals surface area contributed by atoms with Crippen LogP contribution < -0.4 is 0 Å². The number of hydrogen-bond acceptors (Lipinski definition) is 3. The molecule has 1 saturated heterocycles. The molecule has 4 heteroatoms. The number of carbonyl (C=O) groups is 1. The summed E-state index contributed by atoms with van der Waals surface area (Å²) in [7, 11) is 0. The standard InChI is InChI=1S/C19H37NO3/c1-7-8-9-10-11-12-13-14-16-15-22-19(5,6)20(16)17(21)23-18(2,3)4/h16H,7-15H2,1-6H3. The van der Waals surface area contributed by atoms with E-state index in [-0.39, 0.29) is 12.1 Å². The Hall–Kier alpha value is -0.770. The number of nitrogens with zero attached hydrogens (tertiary/aromatic N) is 1. The SMILES string of the molecule is CCCCCCCCCC1COC(C)(C)N1C(=O)OC(C)(C)C. The summed E-state index contributed by atoms with van der Waals surface area (Å²) in [5.41, 5.74) is -1.05. The van der Waals surface area contributed by atoms with Gasteiger partial charge in [-0.05, 0) is 41.0 Å². The van der Waals surface area contributed by atoms with Crippen molar-refractivity contribution in [1.82, 2.24) is 4.90 Å². The molecule has 0 spiro atoms. The molecule has 0 radical (unpaired) electrons. The van der Waals surface area contributed by atoms with Crippen LogP contribution in [0.3, 0.4) is 0 Å². The Kier molecular flexibility index (Phi) is 7.85. The maximum atomic E-state index is 12.5. The largest absolute Gasteiger partial charge is 0.444 e. The maximum Gasteiger partial charge on any atom is 0.412 e. The van der Waals surface area contributed by atoms with Crippen molar-refractivity contribution >= 4 is 6.09 Å². The van der Waals surface area contributed by atoms with Crippen LogP contribution in [0.25, 0.3) is 0 Å². The first-order valence-corrected chi connectivity index (χ1v) is 9.33. The normalized spacial score (nSPS) is 20.8. The second-order valence-corrected chi connectivity index (χ2v) is 8.17. The molecule has 0 bridgehead atoms. The number of ether oxygens (including phenoxy) is 2. The van der Waals surface area contributed by atoms with Gasteiger partial charge in [0.1, 0.15) is 11.3 Å². The zero-order valence-corrected chi connectivity index (χ0v) is 16.1. The predicted octanol–water partition coefficient (Wildman–Crippen LogP) is 5.50. The average molecular weight is 328 g/mol. The average Bonchev–Trinajstić information content (AvgIpc) is 2.71. The Bertz CT molecular complexity index is 360. The Morgan fingerprint density at radius 3 is 2.26 bits per heavy atom. The molecule has 0 saturated carbocycles. The van der Waals surface area contributed by atoms with Gasteiger partial charge in [-0.15, -0.1) is 0 Å². The highest BCUT2D eigenvalue weighted by Gasteiger charge is 2.45. The minimum Gasteiger partial charge on any atom is -0.444 e. The van der Waals surface area contributed by atoms with Gasteiger partial charge in [-0.3, -0.25) is 4.90 Å². The van der Waals surface area contributed by atoms with E-state index in [4.69, 9.17) is 9.47 Å². The van der Waals surface area contributed by atoms with Crippen LogP contribution in [0.15, 0.2) is 0 Å². The van der Waals surface area contributed by atoms with Crippen molar-refractivity contribution in [2.45, 2.75) is 110 Å². The highest BCUT2D eigenvalue weighted by Crippen LogP contribution is 2.31. The molecule has 23 heavy (non-hydrogen) atoms. The fourth-order valence-corrected chi connectivity index (χ4v) is 3.11. The lowest BCUT2D eigenvalue weighted by Gasteiger charge is -2.35. The van der Waals surface area contributed by atoms with Crippen LogP contribution in [-0.4, -0.2) is 35.0 Å². The molecule has 1 fully saturated rings. The number of amides is 1. The van der Waals surface area contributed by atoms with Gasteiger partial charge < -0.3 is 9.47 Å². The summed E-state index contributed by atoms with van der Waals surface area (Å²) in [5.74, 6) is 0. The van der Waals surface area contributed by atoms with E-state index in [1.165, 1.54) is 38.5 Å². The zero-order chi connectivity index (χ0) is 17.5. The molecule has 1 aliphatic rings. The highest BCUT2D eigenvalue weighted by molar-refractivity contribution is 5.69. The third-order valence-corrected chi connectivity index (χ3v) is 4.31. The lowest BCUT2D eigenvalue weighted by Crippen LogP contribution is -2.49. The summed E-state index contributed by atoms with van der Waals surface area (Å²) in [6, 6.07) is 0.135. The lowest BCUT2D eigenvalue weighted by atomic mass is 10.0. The van der Waals surface area contributed by atoms with Gasteiger partial charge in [0.05, 0.1) is 12.6 Å². The van der Waals surface area contributed by atoms with Gasteiger partial charge in [-0.1, -0.05) is 51.9 Å². The quantitative estimate of drug-likeness (QED) is 0.553. The van der Waals surface area contributed by atoms with Gasteiger partial charge in [0.25, 0.3) is 0 Å². The monoisotopic (exact) mass is 327 g/mol. The number of rotatable bonds is 8. The maximum absolute atomic E-state index is 12.5. The second-order valence-electron chi connectivity index (χ2n) is 8.17. The van der Waals surface area contributed by atoms with Crippen molar-refractivity contribution in [2.75, 3.05) is 6.61 Å². The Balaban J connectivity index is 2.42. The van der Waals surface area contributed by atoms with Crippen LogP contribution in [-0.2, 0) is 9.47 Å². The zero-order valence-electron chi connectivity index (χ0n) is 16.1. The van der Waals surface area contributed by atoms with Crippen LogP contribution >= 0.6 is 0 Å². The Morgan fingerprint density at radius 2 is 1.70 bits per heavy atom. The van der Waals surface area contributed by atoms with Crippen LogP contribution in [0.4, 0.5) is 4.79 Å². The summed E-state index contributed by atoms with van der Waals surface area (Å²) in [5, 5.41) is 0. The van der Waals surface area contributed by atoms with Gasteiger partial charge in [-0.25, -0.2) is 4.79 Å². The lowest BCUT2D eigenvalue weighted by molar-refractivity contribution is -0.0627. The molecule has 1 rings (SSSR count). The van der Waals surface area contributed by atoms with Crippen molar-refractivity contribution in [3.63, 3.8) is 0 Å². The Labute approximate surface area is 142 Å². The molecule has 0 N–H and O–H groups in total. The minimum atomic E-state index is -0.575. The molecule has 0 aliphatic carbocycles. The molecule has 0 aromatic rings. The van der Waals surface area contributed by atoms with E-state index in [0.717, 1.165) is 12.8 Å². The second kappa shape index (κ2) is 8.91. The first-order chi connectivity index (χ1) is 10.7. The fourth-order valence-electron chi connectivity index (χ4n) is 3.11. The predicted molar refractivity (Wildman–Crippen MR) is 94.5 cm³/mol. The van der Waals surface area contributed by atoms with Gasteiger partial charge in [-0.2, -0.15) is 0 Å². The van der Waals surface area contributed by atoms with Crippen LogP contribution in [0, 0.1) is 0 Å². The molecule has 0 aromatic heterocycles. The van der Waals surface area contributed by atoms with E-state index in [2.05, 4.69) is 6.92 Å². The highest BCUT2D eigenvalue weighted by atomic mass is 16.6. The van der Waals surface area contributed by atoms with E-state index in [0.29, 0.717) is 6.61 Å². The molecule has 1 atom stereocenters. The van der Waals surface area contributed by atoms with Gasteiger partial charge in [0.15, 0.2) is 0 Å². The molecule has 1 heterocycles. The molecule has 1 aliphatic heterocycles. The van der Waals surface area contributed by atoms with Crippen molar-refractivity contribution in [1.29, 1.82) is 0 Å². The molecule has 0 aromatic carbocycles. The summed E-state index contributed by atoms with van der Waals surface area (Å²) in [6.07, 6.45) is 9.73. The molecular weight excluding hydrogens is 290 g/mol. The van der Waals surface area contributed by atoms with Gasteiger partial charge in [0.2, 0.25) is 0 Å². The number of carbonyl (C=O) groups excluding carboxylic acids is 1. The smallest absolute Gasteiger partial charge is 0.412 e. The molecule has 4 nitrogen and oxygen atoms in total. The number of hydrogen-bond donors (Lipinski definition) is 0. The van der Waals surface area contributed by atoms with E-state index in [9.17, 15) is 4.79 Å². The third kappa shape index (κ3) is 7.11. The van der Waals surface area contributed by atoms with Crippen molar-refractivity contribution < 1.29 is 14.3 Å². The summed E-state index contributed by atoms with van der Waals surface area (Å²) in [4.78, 5) is 14.3. The van der Waals surface area contributed by atoms with Gasteiger partial charge in [0, 0.05) is 0 Å². The first-order valence-electron chi connectivity index (χ1n) is 9.33. The van der Waals surface area contributed by atoms with Crippen LogP contribution in [0.2, 0.25) is 0 Å². The molecular formula is C19H37NO3. The van der Waals surface area contributed by atoms with E-state index in [1.54, 1.807) is 4.90 Å². The van der Waals surface area contributed by atoms with Crippen molar-refractivity contribution in [3.8, 4) is 0 Å². The topological polar surface area (TPSA) is 38.8 Å². The minimum absolute atomic E-state index is 0.135.